The summed E-state index contributed by atoms with van der Waals surface area (Å²) in [6.45, 7) is 4.85. The molecule has 0 aliphatic heterocycles. The van der Waals surface area contributed by atoms with Crippen molar-refractivity contribution < 1.29 is 9.53 Å². The fourth-order valence-electron chi connectivity index (χ4n) is 3.11. The van der Waals surface area contributed by atoms with Crippen molar-refractivity contribution in [2.75, 3.05) is 11.9 Å². The van der Waals surface area contributed by atoms with E-state index in [-0.39, 0.29) is 11.4 Å². The van der Waals surface area contributed by atoms with Gasteiger partial charge in [-0.3, -0.25) is 4.79 Å². The Labute approximate surface area is 135 Å². The molecule has 2 unspecified atom stereocenters. The molecule has 2 rings (SSSR count). The van der Waals surface area contributed by atoms with Gasteiger partial charge in [0.25, 0.3) is 5.91 Å². The average Bonchev–Trinajstić information content (AvgIpc) is 2.48. The summed E-state index contributed by atoms with van der Waals surface area (Å²) in [7, 11) is 0. The maximum atomic E-state index is 12.5. The molecule has 4 heteroatoms. The molecule has 116 valence electrons. The Morgan fingerprint density at radius 1 is 1.43 bits per heavy atom. The Morgan fingerprint density at radius 2 is 2.14 bits per heavy atom. The highest BCUT2D eigenvalue weighted by Crippen LogP contribution is 2.33. The number of hydrogen-bond donors (Lipinski definition) is 1. The van der Waals surface area contributed by atoms with Gasteiger partial charge >= 0.3 is 0 Å². The molecule has 21 heavy (non-hydrogen) atoms. The van der Waals surface area contributed by atoms with Crippen LogP contribution >= 0.6 is 15.9 Å². The second-order valence-electron chi connectivity index (χ2n) is 6.03. The first kappa shape index (κ1) is 16.3. The fourth-order valence-corrected chi connectivity index (χ4v) is 3.76. The number of carbonyl (C=O) groups excluding carboxylic acids is 1. The zero-order chi connectivity index (χ0) is 15.3. The van der Waals surface area contributed by atoms with Gasteiger partial charge in [0, 0.05) is 10.9 Å². The maximum Gasteiger partial charge on any atom is 0.251 e. The standard InChI is InChI=1S/C17H24BrNO2/c1-3-21-15-8-6-14(7-9-15)16(20)19-17(12-18)10-4-5-13(2)11-17/h6-9,13H,3-5,10-12H2,1-2H3,(H,19,20). The van der Waals surface area contributed by atoms with Crippen LogP contribution in [0.15, 0.2) is 24.3 Å². The predicted octanol–water partition coefficient (Wildman–Crippen LogP) is 4.16. The van der Waals surface area contributed by atoms with Gasteiger partial charge in [-0.1, -0.05) is 35.7 Å². The smallest absolute Gasteiger partial charge is 0.251 e. The van der Waals surface area contributed by atoms with Gasteiger partial charge in [-0.05, 0) is 49.9 Å². The average molecular weight is 354 g/mol. The van der Waals surface area contributed by atoms with Crippen molar-refractivity contribution in [2.45, 2.75) is 45.1 Å². The molecular formula is C17H24BrNO2. The molecule has 3 nitrogen and oxygen atoms in total. The van der Waals surface area contributed by atoms with Gasteiger partial charge < -0.3 is 10.1 Å². The molecule has 1 aliphatic carbocycles. The monoisotopic (exact) mass is 353 g/mol. The minimum absolute atomic E-state index is 0.00611. The first-order valence-corrected chi connectivity index (χ1v) is 8.82. The molecule has 1 aromatic carbocycles. The first-order valence-electron chi connectivity index (χ1n) is 7.70. The minimum atomic E-state index is -0.104. The number of ether oxygens (including phenoxy) is 1. The molecule has 0 heterocycles. The summed E-state index contributed by atoms with van der Waals surface area (Å²) in [6.07, 6.45) is 4.52. The first-order chi connectivity index (χ1) is 10.1. The number of rotatable bonds is 5. The van der Waals surface area contributed by atoms with E-state index in [1.54, 1.807) is 0 Å². The van der Waals surface area contributed by atoms with Gasteiger partial charge in [-0.15, -0.1) is 0 Å². The van der Waals surface area contributed by atoms with E-state index in [4.69, 9.17) is 4.74 Å². The van der Waals surface area contributed by atoms with Crippen LogP contribution in [0.3, 0.4) is 0 Å². The van der Waals surface area contributed by atoms with Crippen LogP contribution in [0.2, 0.25) is 0 Å². The van der Waals surface area contributed by atoms with Gasteiger partial charge in [-0.25, -0.2) is 0 Å². The molecule has 1 N–H and O–H groups in total. The SMILES string of the molecule is CCOc1ccc(C(=O)NC2(CBr)CCCC(C)C2)cc1. The van der Waals surface area contributed by atoms with E-state index in [0.29, 0.717) is 18.1 Å². The summed E-state index contributed by atoms with van der Waals surface area (Å²) < 4.78 is 5.41. The highest BCUT2D eigenvalue weighted by atomic mass is 79.9. The van der Waals surface area contributed by atoms with Crippen LogP contribution < -0.4 is 10.1 Å². The minimum Gasteiger partial charge on any atom is -0.494 e. The van der Waals surface area contributed by atoms with Crippen molar-refractivity contribution in [1.82, 2.24) is 5.32 Å². The summed E-state index contributed by atoms with van der Waals surface area (Å²) in [4.78, 5) is 12.5. The summed E-state index contributed by atoms with van der Waals surface area (Å²) in [5.41, 5.74) is 0.588. The van der Waals surface area contributed by atoms with Gasteiger partial charge in [-0.2, -0.15) is 0 Å². The van der Waals surface area contributed by atoms with Crippen molar-refractivity contribution >= 4 is 21.8 Å². The molecule has 0 aromatic heterocycles. The van der Waals surface area contributed by atoms with Crippen molar-refractivity contribution in [3.8, 4) is 5.75 Å². The molecule has 1 aromatic rings. The fraction of sp³-hybridized carbons (Fsp3) is 0.588. The van der Waals surface area contributed by atoms with Crippen LogP contribution in [0, 0.1) is 5.92 Å². The molecule has 0 bridgehead atoms. The largest absolute Gasteiger partial charge is 0.494 e. The highest BCUT2D eigenvalue weighted by molar-refractivity contribution is 9.09. The van der Waals surface area contributed by atoms with Crippen molar-refractivity contribution in [3.05, 3.63) is 29.8 Å². The second kappa shape index (κ2) is 7.30. The zero-order valence-electron chi connectivity index (χ0n) is 12.8. The van der Waals surface area contributed by atoms with E-state index in [2.05, 4.69) is 28.2 Å². The van der Waals surface area contributed by atoms with Gasteiger partial charge in [0.1, 0.15) is 5.75 Å². The third kappa shape index (κ3) is 4.22. The third-order valence-electron chi connectivity index (χ3n) is 4.15. The molecular weight excluding hydrogens is 330 g/mol. The Hall–Kier alpha value is -1.03. The number of carbonyl (C=O) groups is 1. The lowest BCUT2D eigenvalue weighted by Crippen LogP contribution is -2.52. The molecule has 2 atom stereocenters. The molecule has 1 aliphatic rings. The van der Waals surface area contributed by atoms with E-state index >= 15 is 0 Å². The van der Waals surface area contributed by atoms with E-state index in [1.807, 2.05) is 31.2 Å². The Morgan fingerprint density at radius 3 is 2.71 bits per heavy atom. The number of benzene rings is 1. The topological polar surface area (TPSA) is 38.3 Å². The highest BCUT2D eigenvalue weighted by Gasteiger charge is 2.35. The van der Waals surface area contributed by atoms with Crippen LogP contribution in [0.1, 0.15) is 49.9 Å². The summed E-state index contributed by atoms with van der Waals surface area (Å²) in [6, 6.07) is 7.36. The molecule has 1 amide bonds. The summed E-state index contributed by atoms with van der Waals surface area (Å²) in [5, 5.41) is 4.07. The van der Waals surface area contributed by atoms with Crippen LogP contribution in [0.25, 0.3) is 0 Å². The molecule has 0 spiro atoms. The number of halogens is 1. The quantitative estimate of drug-likeness (QED) is 0.807. The molecule has 0 radical (unpaired) electrons. The lowest BCUT2D eigenvalue weighted by Gasteiger charge is -2.39. The Balaban J connectivity index is 2.05. The Kier molecular flexibility index (Phi) is 5.68. The van der Waals surface area contributed by atoms with Crippen LogP contribution in [-0.2, 0) is 0 Å². The molecule has 1 saturated carbocycles. The van der Waals surface area contributed by atoms with Crippen LogP contribution in [0.4, 0.5) is 0 Å². The van der Waals surface area contributed by atoms with Gasteiger partial charge in [0.05, 0.1) is 12.1 Å². The van der Waals surface area contributed by atoms with Crippen molar-refractivity contribution in [2.24, 2.45) is 5.92 Å². The number of hydrogen-bond acceptors (Lipinski definition) is 2. The van der Waals surface area contributed by atoms with E-state index in [1.165, 1.54) is 12.8 Å². The van der Waals surface area contributed by atoms with E-state index in [0.717, 1.165) is 23.9 Å². The van der Waals surface area contributed by atoms with Crippen molar-refractivity contribution in [1.29, 1.82) is 0 Å². The van der Waals surface area contributed by atoms with E-state index in [9.17, 15) is 4.79 Å². The van der Waals surface area contributed by atoms with Gasteiger partial charge in [0.15, 0.2) is 0 Å². The Bertz CT molecular complexity index is 474. The number of nitrogens with one attached hydrogen (secondary N) is 1. The summed E-state index contributed by atoms with van der Waals surface area (Å²) in [5.74, 6) is 1.47. The third-order valence-corrected chi connectivity index (χ3v) is 5.23. The normalized spacial score (nSPS) is 25.4. The van der Waals surface area contributed by atoms with Gasteiger partial charge in [0.2, 0.25) is 0 Å². The lowest BCUT2D eigenvalue weighted by atomic mass is 9.77. The maximum absolute atomic E-state index is 12.5. The second-order valence-corrected chi connectivity index (χ2v) is 6.59. The number of amides is 1. The summed E-state index contributed by atoms with van der Waals surface area (Å²) >= 11 is 3.59. The molecule has 1 fully saturated rings. The van der Waals surface area contributed by atoms with Crippen molar-refractivity contribution in [3.63, 3.8) is 0 Å². The number of alkyl halides is 1. The van der Waals surface area contributed by atoms with Crippen LogP contribution in [-0.4, -0.2) is 23.4 Å². The van der Waals surface area contributed by atoms with Crippen LogP contribution in [0.5, 0.6) is 5.75 Å². The lowest BCUT2D eigenvalue weighted by molar-refractivity contribution is 0.0869. The zero-order valence-corrected chi connectivity index (χ0v) is 14.4. The predicted molar refractivity (Wildman–Crippen MR) is 89.2 cm³/mol. The van der Waals surface area contributed by atoms with E-state index < -0.39 is 0 Å². The molecule has 0 saturated heterocycles.